The van der Waals surface area contributed by atoms with Crippen LogP contribution in [0.15, 0.2) is 90.0 Å². The van der Waals surface area contributed by atoms with Crippen molar-refractivity contribution in [1.82, 2.24) is 14.7 Å². The molecule has 1 unspecified atom stereocenters. The Morgan fingerprint density at radius 2 is 1.62 bits per heavy atom. The largest absolute Gasteiger partial charge is 0.493 e. The van der Waals surface area contributed by atoms with E-state index in [0.717, 1.165) is 22.4 Å². The number of aromatic nitrogens is 2. The van der Waals surface area contributed by atoms with Crippen molar-refractivity contribution in [3.05, 3.63) is 101 Å². The molecule has 0 radical (unpaired) electrons. The minimum Gasteiger partial charge on any atom is -0.493 e. The van der Waals surface area contributed by atoms with Crippen LogP contribution in [0.1, 0.15) is 24.1 Å². The predicted octanol–water partition coefficient (Wildman–Crippen LogP) is 6.52. The molecule has 1 aliphatic rings. The first-order valence-corrected chi connectivity index (χ1v) is 12.9. The van der Waals surface area contributed by atoms with E-state index >= 15 is 0 Å². The van der Waals surface area contributed by atoms with E-state index in [-0.39, 0.29) is 11.9 Å². The number of carbonyl (C=O) groups is 1. The summed E-state index contributed by atoms with van der Waals surface area (Å²) in [6, 6.07) is 25.2. The maximum atomic E-state index is 13.5. The van der Waals surface area contributed by atoms with Gasteiger partial charge in [0.05, 0.1) is 30.9 Å². The second kappa shape index (κ2) is 10.6. The van der Waals surface area contributed by atoms with Gasteiger partial charge in [-0.25, -0.2) is 4.68 Å². The van der Waals surface area contributed by atoms with Crippen LogP contribution in [0.4, 0.5) is 0 Å². The van der Waals surface area contributed by atoms with E-state index in [1.165, 1.54) is 11.8 Å². The van der Waals surface area contributed by atoms with Crippen LogP contribution in [-0.4, -0.2) is 39.1 Å². The molecule has 0 aliphatic carbocycles. The van der Waals surface area contributed by atoms with E-state index in [0.29, 0.717) is 26.4 Å². The van der Waals surface area contributed by atoms with Gasteiger partial charge in [0, 0.05) is 17.3 Å². The Morgan fingerprint density at radius 3 is 2.30 bits per heavy atom. The molecule has 3 aromatic carbocycles. The molecule has 1 aromatic heterocycles. The van der Waals surface area contributed by atoms with Crippen molar-refractivity contribution in [2.24, 2.45) is 0 Å². The second-order valence-corrected chi connectivity index (χ2v) is 10.1. The number of hydrogen-bond donors (Lipinski definition) is 0. The lowest BCUT2D eigenvalue weighted by Gasteiger charge is -2.23. The van der Waals surface area contributed by atoms with Crippen molar-refractivity contribution < 1.29 is 14.3 Å². The van der Waals surface area contributed by atoms with Gasteiger partial charge < -0.3 is 9.47 Å². The predicted molar refractivity (Wildman–Crippen MR) is 152 cm³/mol. The fraction of sp³-hybridized carbons (Fsp3) is 0.138. The maximum absolute atomic E-state index is 13.5. The van der Waals surface area contributed by atoms with Crippen molar-refractivity contribution in [3.8, 4) is 28.4 Å². The average Bonchev–Trinajstić information content (AvgIpc) is 3.48. The number of methoxy groups -OCH3 is 2. The van der Waals surface area contributed by atoms with Gasteiger partial charge in [-0.2, -0.15) is 5.10 Å². The normalized spacial score (nSPS) is 15.3. The smallest absolute Gasteiger partial charge is 0.266 e. The molecule has 0 bridgehead atoms. The standard InChI is InChI=1S/C29H25N3O3S2/c1-19(20-10-6-4-7-11-20)32-28(33)26(37-29(32)36)17-22-18-31(23-12-8-5-9-13-23)30-27(22)21-14-15-24(34-2)25(16-21)35-3/h4-19H,1-3H3/b26-17-. The molecule has 0 N–H and O–H groups in total. The summed E-state index contributed by atoms with van der Waals surface area (Å²) in [7, 11) is 3.20. The molecule has 6 nitrogen and oxygen atoms in total. The zero-order valence-electron chi connectivity index (χ0n) is 20.6. The highest BCUT2D eigenvalue weighted by molar-refractivity contribution is 8.26. The average molecular weight is 528 g/mol. The molecular formula is C29H25N3O3S2. The van der Waals surface area contributed by atoms with Gasteiger partial charge in [0.25, 0.3) is 5.91 Å². The highest BCUT2D eigenvalue weighted by atomic mass is 32.2. The van der Waals surface area contributed by atoms with Crippen molar-refractivity contribution in [2.45, 2.75) is 13.0 Å². The number of ether oxygens (including phenoxy) is 2. The Kier molecular flexibility index (Phi) is 7.12. The molecule has 1 saturated heterocycles. The minimum absolute atomic E-state index is 0.114. The van der Waals surface area contributed by atoms with Crippen LogP contribution in [0.2, 0.25) is 0 Å². The molecule has 186 valence electrons. The zero-order valence-corrected chi connectivity index (χ0v) is 22.3. The van der Waals surface area contributed by atoms with Gasteiger partial charge in [-0.05, 0) is 48.9 Å². The van der Waals surface area contributed by atoms with Crippen molar-refractivity contribution >= 4 is 40.3 Å². The lowest BCUT2D eigenvalue weighted by atomic mass is 10.1. The molecule has 1 amide bonds. The van der Waals surface area contributed by atoms with E-state index in [2.05, 4.69) is 0 Å². The van der Waals surface area contributed by atoms with Crippen molar-refractivity contribution in [1.29, 1.82) is 0 Å². The van der Waals surface area contributed by atoms with Crippen LogP contribution in [0.5, 0.6) is 11.5 Å². The van der Waals surface area contributed by atoms with E-state index in [9.17, 15) is 4.79 Å². The van der Waals surface area contributed by atoms with E-state index in [1.54, 1.807) is 19.1 Å². The highest BCUT2D eigenvalue weighted by Gasteiger charge is 2.36. The number of nitrogens with zero attached hydrogens (tertiary/aromatic N) is 3. The summed E-state index contributed by atoms with van der Waals surface area (Å²) in [5.74, 6) is 1.12. The second-order valence-electron chi connectivity index (χ2n) is 8.42. The third kappa shape index (κ3) is 4.90. The number of rotatable bonds is 7. The molecule has 0 saturated carbocycles. The zero-order chi connectivity index (χ0) is 25.9. The van der Waals surface area contributed by atoms with Gasteiger partial charge in [-0.3, -0.25) is 9.69 Å². The number of thioether (sulfide) groups is 1. The number of amides is 1. The van der Waals surface area contributed by atoms with Crippen LogP contribution in [0.25, 0.3) is 23.0 Å². The summed E-state index contributed by atoms with van der Waals surface area (Å²) in [6.07, 6.45) is 3.80. The monoisotopic (exact) mass is 527 g/mol. The summed E-state index contributed by atoms with van der Waals surface area (Å²) in [5.41, 5.74) is 4.29. The van der Waals surface area contributed by atoms with Gasteiger partial charge >= 0.3 is 0 Å². The summed E-state index contributed by atoms with van der Waals surface area (Å²) < 4.78 is 13.3. The Hall–Kier alpha value is -3.88. The summed E-state index contributed by atoms with van der Waals surface area (Å²) in [5, 5.41) is 4.88. The number of benzene rings is 3. The Bertz CT molecular complexity index is 1480. The lowest BCUT2D eigenvalue weighted by molar-refractivity contribution is -0.123. The number of thiocarbonyl (C=S) groups is 1. The van der Waals surface area contributed by atoms with E-state index < -0.39 is 0 Å². The molecule has 0 spiro atoms. The molecule has 4 aromatic rings. The Balaban J connectivity index is 1.57. The van der Waals surface area contributed by atoms with Crippen molar-refractivity contribution in [2.75, 3.05) is 14.2 Å². The minimum atomic E-state index is -0.169. The quantitative estimate of drug-likeness (QED) is 0.202. The van der Waals surface area contributed by atoms with Crippen LogP contribution < -0.4 is 9.47 Å². The van der Waals surface area contributed by atoms with Crippen LogP contribution >= 0.6 is 24.0 Å². The number of carbonyl (C=O) groups excluding carboxylic acids is 1. The summed E-state index contributed by atoms with van der Waals surface area (Å²) >= 11 is 6.94. The van der Waals surface area contributed by atoms with Gasteiger partial charge in [-0.1, -0.05) is 72.5 Å². The van der Waals surface area contributed by atoms with Gasteiger partial charge in [-0.15, -0.1) is 0 Å². The van der Waals surface area contributed by atoms with E-state index in [1.807, 2.05) is 103 Å². The first-order valence-electron chi connectivity index (χ1n) is 11.7. The molecule has 2 heterocycles. The molecular weight excluding hydrogens is 502 g/mol. The van der Waals surface area contributed by atoms with Crippen LogP contribution in [-0.2, 0) is 4.79 Å². The van der Waals surface area contributed by atoms with E-state index in [4.69, 9.17) is 26.8 Å². The SMILES string of the molecule is COc1ccc(-c2nn(-c3ccccc3)cc2/C=C2\SC(=S)N(C(C)c3ccccc3)C2=O)cc1OC. The fourth-order valence-electron chi connectivity index (χ4n) is 4.25. The molecule has 1 fully saturated rings. The summed E-state index contributed by atoms with van der Waals surface area (Å²) in [4.78, 5) is 15.8. The lowest BCUT2D eigenvalue weighted by Crippen LogP contribution is -2.30. The fourth-order valence-corrected chi connectivity index (χ4v) is 5.66. The third-order valence-electron chi connectivity index (χ3n) is 6.20. The molecule has 5 rings (SSSR count). The van der Waals surface area contributed by atoms with Crippen LogP contribution in [0, 0.1) is 0 Å². The highest BCUT2D eigenvalue weighted by Crippen LogP contribution is 2.40. The third-order valence-corrected chi connectivity index (χ3v) is 7.53. The molecule has 37 heavy (non-hydrogen) atoms. The van der Waals surface area contributed by atoms with Gasteiger partial charge in [0.1, 0.15) is 10.0 Å². The summed E-state index contributed by atoms with van der Waals surface area (Å²) in [6.45, 7) is 1.99. The molecule has 1 atom stereocenters. The first-order chi connectivity index (χ1) is 18.0. The Labute approximate surface area is 225 Å². The first kappa shape index (κ1) is 24.8. The molecule has 1 aliphatic heterocycles. The van der Waals surface area contributed by atoms with Gasteiger partial charge in [0.15, 0.2) is 11.5 Å². The Morgan fingerprint density at radius 1 is 0.946 bits per heavy atom. The molecule has 8 heteroatoms. The van der Waals surface area contributed by atoms with Crippen LogP contribution in [0.3, 0.4) is 0 Å². The number of para-hydroxylation sites is 1. The number of hydrogen-bond acceptors (Lipinski definition) is 6. The maximum Gasteiger partial charge on any atom is 0.266 e. The van der Waals surface area contributed by atoms with Gasteiger partial charge in [0.2, 0.25) is 0 Å². The topological polar surface area (TPSA) is 56.6 Å². The van der Waals surface area contributed by atoms with Crippen molar-refractivity contribution in [3.63, 3.8) is 0 Å².